The lowest BCUT2D eigenvalue weighted by Gasteiger charge is -2.12. The number of rotatable bonds is 3. The lowest BCUT2D eigenvalue weighted by atomic mass is 9.97. The van der Waals surface area contributed by atoms with Gasteiger partial charge in [0.1, 0.15) is 0 Å². The molecule has 2 heterocycles. The minimum absolute atomic E-state index is 0.957. The van der Waals surface area contributed by atoms with Gasteiger partial charge in [0, 0.05) is 29.1 Å². The first kappa shape index (κ1) is 16.2. The van der Waals surface area contributed by atoms with Crippen LogP contribution in [-0.4, -0.2) is 9.97 Å². The van der Waals surface area contributed by atoms with Gasteiger partial charge in [0.15, 0.2) is 0 Å². The molecule has 2 heteroatoms. The highest BCUT2D eigenvalue weighted by atomic mass is 14.7. The zero-order valence-corrected chi connectivity index (χ0v) is 15.0. The molecule has 0 amide bonds. The molecule has 0 unspecified atom stereocenters. The van der Waals surface area contributed by atoms with Gasteiger partial charge in [0.05, 0.1) is 11.4 Å². The van der Waals surface area contributed by atoms with E-state index in [0.717, 1.165) is 28.1 Å². The van der Waals surface area contributed by atoms with Crippen molar-refractivity contribution in [3.05, 3.63) is 96.3 Å². The normalized spacial score (nSPS) is 10.7. The molecule has 0 spiro atoms. The Labute approximate surface area is 154 Å². The quantitative estimate of drug-likeness (QED) is 0.452. The molecule has 0 saturated heterocycles. The second-order valence-corrected chi connectivity index (χ2v) is 6.56. The van der Waals surface area contributed by atoms with E-state index >= 15 is 0 Å². The van der Waals surface area contributed by atoms with E-state index in [9.17, 15) is 0 Å². The highest BCUT2D eigenvalue weighted by molar-refractivity contribution is 5.82. The summed E-state index contributed by atoms with van der Waals surface area (Å²) in [5.41, 5.74) is 8.99. The number of hydrogen-bond acceptors (Lipinski definition) is 2. The third kappa shape index (κ3) is 3.27. The Morgan fingerprint density at radius 1 is 0.538 bits per heavy atom. The highest BCUT2D eigenvalue weighted by Gasteiger charge is 2.11. The van der Waals surface area contributed by atoms with E-state index in [4.69, 9.17) is 4.98 Å². The van der Waals surface area contributed by atoms with Crippen LogP contribution in [0.4, 0.5) is 0 Å². The lowest BCUT2D eigenvalue weighted by Crippen LogP contribution is -1.93. The number of nitrogens with zero attached hydrogens (tertiary/aromatic N) is 2. The van der Waals surface area contributed by atoms with Crippen LogP contribution < -0.4 is 0 Å². The molecule has 2 aromatic heterocycles. The van der Waals surface area contributed by atoms with E-state index in [-0.39, 0.29) is 0 Å². The van der Waals surface area contributed by atoms with Crippen molar-refractivity contribution >= 4 is 0 Å². The minimum atomic E-state index is 0.957. The molecular formula is C24H20N2. The molecule has 0 radical (unpaired) electrons. The summed E-state index contributed by atoms with van der Waals surface area (Å²) in [7, 11) is 0. The van der Waals surface area contributed by atoms with Crippen molar-refractivity contribution in [2.24, 2.45) is 0 Å². The van der Waals surface area contributed by atoms with Crippen molar-refractivity contribution < 1.29 is 0 Å². The average molecular weight is 336 g/mol. The van der Waals surface area contributed by atoms with Crippen LogP contribution in [0.15, 0.2) is 85.2 Å². The van der Waals surface area contributed by atoms with E-state index < -0.39 is 0 Å². The molecule has 26 heavy (non-hydrogen) atoms. The van der Waals surface area contributed by atoms with E-state index in [1.54, 1.807) is 12.4 Å². The van der Waals surface area contributed by atoms with Gasteiger partial charge in [0.2, 0.25) is 0 Å². The summed E-state index contributed by atoms with van der Waals surface area (Å²) in [6, 6.07) is 25.4. The average Bonchev–Trinajstić information content (AvgIpc) is 2.70. The number of benzene rings is 2. The number of pyridine rings is 2. The fourth-order valence-electron chi connectivity index (χ4n) is 3.04. The van der Waals surface area contributed by atoms with Gasteiger partial charge in [-0.25, -0.2) is 4.98 Å². The standard InChI is InChI=1S/C24H20N2/c1-17-3-7-19(8-4-17)22-11-12-23(20-13-15-25-16-14-20)26-24(22)21-9-5-18(2)6-10-21/h3-16H,1-2H3. The van der Waals surface area contributed by atoms with Gasteiger partial charge < -0.3 is 0 Å². The molecule has 0 aliphatic rings. The SMILES string of the molecule is Cc1ccc(-c2ccc(-c3ccncc3)nc2-c2ccc(C)cc2)cc1. The molecular weight excluding hydrogens is 316 g/mol. The first-order valence-electron chi connectivity index (χ1n) is 8.76. The van der Waals surface area contributed by atoms with Crippen LogP contribution >= 0.6 is 0 Å². The Bertz CT molecular complexity index is 1020. The monoisotopic (exact) mass is 336 g/mol. The topological polar surface area (TPSA) is 25.8 Å². The molecule has 0 bridgehead atoms. The summed E-state index contributed by atoms with van der Waals surface area (Å²) in [4.78, 5) is 9.12. The van der Waals surface area contributed by atoms with E-state index in [0.29, 0.717) is 0 Å². The van der Waals surface area contributed by atoms with Gasteiger partial charge in [-0.3, -0.25) is 4.98 Å². The predicted molar refractivity (Wildman–Crippen MR) is 108 cm³/mol. The Morgan fingerprint density at radius 2 is 1.12 bits per heavy atom. The van der Waals surface area contributed by atoms with Crippen molar-refractivity contribution in [1.29, 1.82) is 0 Å². The van der Waals surface area contributed by atoms with Gasteiger partial charge in [-0.1, -0.05) is 65.7 Å². The molecule has 2 nitrogen and oxygen atoms in total. The first-order chi connectivity index (χ1) is 12.7. The Kier molecular flexibility index (Phi) is 4.32. The van der Waals surface area contributed by atoms with Crippen LogP contribution in [0.3, 0.4) is 0 Å². The van der Waals surface area contributed by atoms with Crippen molar-refractivity contribution in [3.63, 3.8) is 0 Å². The van der Waals surface area contributed by atoms with Crippen LogP contribution in [0.5, 0.6) is 0 Å². The summed E-state index contributed by atoms with van der Waals surface area (Å²) in [6.45, 7) is 4.21. The molecule has 0 aliphatic heterocycles. The fourth-order valence-corrected chi connectivity index (χ4v) is 3.04. The second kappa shape index (κ2) is 6.93. The number of aromatic nitrogens is 2. The Balaban J connectivity index is 1.90. The molecule has 0 aliphatic carbocycles. The summed E-state index contributed by atoms with van der Waals surface area (Å²) in [6.07, 6.45) is 3.60. The van der Waals surface area contributed by atoms with E-state index in [1.807, 2.05) is 12.1 Å². The van der Waals surface area contributed by atoms with Crippen LogP contribution in [0.2, 0.25) is 0 Å². The summed E-state index contributed by atoms with van der Waals surface area (Å²) in [5.74, 6) is 0. The number of aryl methyl sites for hydroxylation is 2. The minimum Gasteiger partial charge on any atom is -0.265 e. The third-order valence-corrected chi connectivity index (χ3v) is 4.56. The molecule has 4 aromatic rings. The second-order valence-electron chi connectivity index (χ2n) is 6.56. The predicted octanol–water partition coefficient (Wildman–Crippen LogP) is 6.09. The van der Waals surface area contributed by atoms with Crippen molar-refractivity contribution in [2.45, 2.75) is 13.8 Å². The fraction of sp³-hybridized carbons (Fsp3) is 0.0833. The lowest BCUT2D eigenvalue weighted by molar-refractivity contribution is 1.28. The van der Waals surface area contributed by atoms with Crippen LogP contribution in [0.25, 0.3) is 33.6 Å². The van der Waals surface area contributed by atoms with Crippen molar-refractivity contribution in [1.82, 2.24) is 9.97 Å². The van der Waals surface area contributed by atoms with Gasteiger partial charge in [-0.2, -0.15) is 0 Å². The zero-order valence-electron chi connectivity index (χ0n) is 15.0. The maximum atomic E-state index is 5.01. The van der Waals surface area contributed by atoms with Gasteiger partial charge in [-0.15, -0.1) is 0 Å². The van der Waals surface area contributed by atoms with Gasteiger partial charge in [-0.05, 0) is 37.6 Å². The van der Waals surface area contributed by atoms with E-state index in [1.165, 1.54) is 16.7 Å². The number of hydrogen-bond donors (Lipinski definition) is 0. The van der Waals surface area contributed by atoms with Crippen LogP contribution in [-0.2, 0) is 0 Å². The summed E-state index contributed by atoms with van der Waals surface area (Å²) >= 11 is 0. The Morgan fingerprint density at radius 3 is 1.73 bits per heavy atom. The van der Waals surface area contributed by atoms with Gasteiger partial charge >= 0.3 is 0 Å². The van der Waals surface area contributed by atoms with Crippen LogP contribution in [0.1, 0.15) is 11.1 Å². The Hall–Kier alpha value is -3.26. The maximum absolute atomic E-state index is 5.01. The largest absolute Gasteiger partial charge is 0.265 e. The summed E-state index contributed by atoms with van der Waals surface area (Å²) in [5, 5.41) is 0. The maximum Gasteiger partial charge on any atom is 0.0787 e. The first-order valence-corrected chi connectivity index (χ1v) is 8.76. The smallest absolute Gasteiger partial charge is 0.0787 e. The van der Waals surface area contributed by atoms with E-state index in [2.05, 4.69) is 79.5 Å². The molecule has 4 rings (SSSR count). The molecule has 0 saturated carbocycles. The third-order valence-electron chi connectivity index (χ3n) is 4.56. The van der Waals surface area contributed by atoms with Crippen LogP contribution in [0, 0.1) is 13.8 Å². The van der Waals surface area contributed by atoms with Crippen molar-refractivity contribution in [3.8, 4) is 33.6 Å². The zero-order chi connectivity index (χ0) is 17.9. The molecule has 0 fully saturated rings. The van der Waals surface area contributed by atoms with Crippen molar-refractivity contribution in [2.75, 3.05) is 0 Å². The highest BCUT2D eigenvalue weighted by Crippen LogP contribution is 2.33. The summed E-state index contributed by atoms with van der Waals surface area (Å²) < 4.78 is 0. The molecule has 0 atom stereocenters. The molecule has 2 aromatic carbocycles. The molecule has 126 valence electrons. The van der Waals surface area contributed by atoms with Gasteiger partial charge in [0.25, 0.3) is 0 Å². The molecule has 0 N–H and O–H groups in total.